The number of aryl methyl sites for hydroxylation is 1. The van der Waals surface area contributed by atoms with Crippen molar-refractivity contribution in [2.45, 2.75) is 44.7 Å². The SMILES string of the molecule is CCOC(=O)N1CCC(N2C(=O)C(=O)/C(=C(\O)c3ccc4c(c3)CCCO4)C2c2ccccn2)CC1. The van der Waals surface area contributed by atoms with E-state index in [1.165, 1.54) is 0 Å². The number of rotatable bonds is 4. The lowest BCUT2D eigenvalue weighted by molar-refractivity contribution is -0.142. The standard InChI is InChI=1S/C27H29N3O6/c1-2-35-27(34)29-13-10-19(11-14-29)30-23(20-7-3-4-12-28-20)22(25(32)26(30)33)24(31)18-8-9-21-17(16-18)6-5-15-36-21/h3-4,7-9,12,16,19,23,31H,2,5-6,10-11,13-15H2,1H3/b24-22-. The van der Waals surface area contributed by atoms with E-state index in [1.807, 2.05) is 6.07 Å². The van der Waals surface area contributed by atoms with Gasteiger partial charge in [0.2, 0.25) is 0 Å². The molecule has 5 rings (SSSR count). The lowest BCUT2D eigenvalue weighted by Gasteiger charge is -2.38. The van der Waals surface area contributed by atoms with Crippen molar-refractivity contribution in [2.75, 3.05) is 26.3 Å². The number of carbonyl (C=O) groups excluding carboxylic acids is 3. The van der Waals surface area contributed by atoms with Gasteiger partial charge in [-0.3, -0.25) is 14.6 Å². The molecule has 2 aromatic rings. The molecule has 3 aliphatic rings. The summed E-state index contributed by atoms with van der Waals surface area (Å²) < 4.78 is 10.8. The molecular formula is C27H29N3O6. The van der Waals surface area contributed by atoms with Crippen LogP contribution in [0.3, 0.4) is 0 Å². The third kappa shape index (κ3) is 4.29. The molecule has 1 aromatic carbocycles. The van der Waals surface area contributed by atoms with Crippen LogP contribution in [0.25, 0.3) is 5.76 Å². The van der Waals surface area contributed by atoms with E-state index in [2.05, 4.69) is 4.98 Å². The second-order valence-electron chi connectivity index (χ2n) is 9.15. The number of carbonyl (C=O) groups is 3. The van der Waals surface area contributed by atoms with Crippen LogP contribution in [0.2, 0.25) is 0 Å². The highest BCUT2D eigenvalue weighted by molar-refractivity contribution is 6.46. The van der Waals surface area contributed by atoms with Crippen molar-refractivity contribution in [3.05, 3.63) is 65.0 Å². The number of pyridine rings is 1. The minimum atomic E-state index is -0.822. The monoisotopic (exact) mass is 491 g/mol. The molecule has 4 heterocycles. The van der Waals surface area contributed by atoms with E-state index in [1.54, 1.807) is 53.3 Å². The van der Waals surface area contributed by atoms with Gasteiger partial charge in [-0.25, -0.2) is 4.79 Å². The van der Waals surface area contributed by atoms with E-state index in [0.717, 1.165) is 24.2 Å². The number of nitrogens with zero attached hydrogens (tertiary/aromatic N) is 3. The van der Waals surface area contributed by atoms with E-state index >= 15 is 0 Å². The molecule has 1 atom stereocenters. The molecule has 0 bridgehead atoms. The fourth-order valence-electron chi connectivity index (χ4n) is 5.26. The first-order valence-corrected chi connectivity index (χ1v) is 12.4. The van der Waals surface area contributed by atoms with Crippen molar-refractivity contribution >= 4 is 23.5 Å². The number of aliphatic hydroxyl groups is 1. The van der Waals surface area contributed by atoms with Crippen LogP contribution in [0, 0.1) is 0 Å². The second kappa shape index (κ2) is 10.0. The number of likely N-dealkylation sites (tertiary alicyclic amines) is 2. The van der Waals surface area contributed by atoms with Crippen LogP contribution < -0.4 is 4.74 Å². The molecule has 0 aliphatic carbocycles. The van der Waals surface area contributed by atoms with E-state index in [4.69, 9.17) is 9.47 Å². The number of Topliss-reactive ketones (excluding diaryl/α,β-unsaturated/α-hetero) is 1. The molecule has 1 aromatic heterocycles. The van der Waals surface area contributed by atoms with Gasteiger partial charge in [-0.15, -0.1) is 0 Å². The number of ether oxygens (including phenoxy) is 2. The molecule has 0 spiro atoms. The summed E-state index contributed by atoms with van der Waals surface area (Å²) in [6.07, 6.45) is 3.90. The summed E-state index contributed by atoms with van der Waals surface area (Å²) in [5.41, 5.74) is 1.96. The number of aliphatic hydroxyl groups excluding tert-OH is 1. The number of amides is 2. The largest absolute Gasteiger partial charge is 0.507 e. The average Bonchev–Trinajstić information content (AvgIpc) is 3.18. The van der Waals surface area contributed by atoms with Crippen LogP contribution in [0.1, 0.15) is 49.0 Å². The zero-order valence-electron chi connectivity index (χ0n) is 20.2. The van der Waals surface area contributed by atoms with Crippen LogP contribution in [-0.2, 0) is 20.7 Å². The maximum atomic E-state index is 13.4. The van der Waals surface area contributed by atoms with Gasteiger partial charge in [-0.2, -0.15) is 0 Å². The van der Waals surface area contributed by atoms with Crippen molar-refractivity contribution < 1.29 is 29.0 Å². The van der Waals surface area contributed by atoms with Crippen LogP contribution in [0.4, 0.5) is 4.79 Å². The molecule has 36 heavy (non-hydrogen) atoms. The summed E-state index contributed by atoms with van der Waals surface area (Å²) in [5.74, 6) is -0.843. The summed E-state index contributed by atoms with van der Waals surface area (Å²) in [4.78, 5) is 46.5. The third-order valence-electron chi connectivity index (χ3n) is 7.01. The van der Waals surface area contributed by atoms with Crippen LogP contribution in [-0.4, -0.2) is 70.0 Å². The van der Waals surface area contributed by atoms with Gasteiger partial charge in [-0.05, 0) is 68.5 Å². The Balaban J connectivity index is 1.51. The fraction of sp³-hybridized carbons (Fsp3) is 0.407. The van der Waals surface area contributed by atoms with Crippen molar-refractivity contribution in [1.29, 1.82) is 0 Å². The number of piperidine rings is 1. The topological polar surface area (TPSA) is 109 Å². The first-order valence-electron chi connectivity index (χ1n) is 12.4. The van der Waals surface area contributed by atoms with Gasteiger partial charge in [0.25, 0.3) is 11.7 Å². The zero-order chi connectivity index (χ0) is 25.2. The zero-order valence-corrected chi connectivity index (χ0v) is 20.2. The van der Waals surface area contributed by atoms with E-state index in [-0.39, 0.29) is 23.5 Å². The predicted molar refractivity (Wildman–Crippen MR) is 130 cm³/mol. The number of fused-ring (bicyclic) bond motifs is 1. The van der Waals surface area contributed by atoms with Crippen LogP contribution in [0.15, 0.2) is 48.2 Å². The molecular weight excluding hydrogens is 462 g/mol. The summed E-state index contributed by atoms with van der Waals surface area (Å²) in [6.45, 7) is 3.52. The Morgan fingerprint density at radius 3 is 2.72 bits per heavy atom. The maximum absolute atomic E-state index is 13.4. The van der Waals surface area contributed by atoms with Crippen molar-refractivity contribution in [3.8, 4) is 5.75 Å². The summed E-state index contributed by atoms with van der Waals surface area (Å²) in [5, 5.41) is 11.4. The second-order valence-corrected chi connectivity index (χ2v) is 9.15. The Morgan fingerprint density at radius 2 is 2.00 bits per heavy atom. The van der Waals surface area contributed by atoms with Crippen molar-refractivity contribution in [1.82, 2.24) is 14.8 Å². The van der Waals surface area contributed by atoms with Gasteiger partial charge in [0.05, 0.1) is 24.5 Å². The Bertz CT molecular complexity index is 1200. The van der Waals surface area contributed by atoms with E-state index < -0.39 is 17.7 Å². The Hall–Kier alpha value is -3.88. The third-order valence-corrected chi connectivity index (χ3v) is 7.01. The molecule has 1 unspecified atom stereocenters. The van der Waals surface area contributed by atoms with Gasteiger partial charge >= 0.3 is 6.09 Å². The number of benzene rings is 1. The highest BCUT2D eigenvalue weighted by atomic mass is 16.6. The average molecular weight is 492 g/mol. The Kier molecular flexibility index (Phi) is 6.63. The number of ketones is 1. The first-order chi connectivity index (χ1) is 17.5. The number of aromatic nitrogens is 1. The molecule has 2 saturated heterocycles. The smallest absolute Gasteiger partial charge is 0.409 e. The molecule has 9 heteroatoms. The molecule has 2 amide bonds. The van der Waals surface area contributed by atoms with Gasteiger partial charge in [0.1, 0.15) is 17.6 Å². The Morgan fingerprint density at radius 1 is 1.19 bits per heavy atom. The lowest BCUT2D eigenvalue weighted by Crippen LogP contribution is -2.48. The van der Waals surface area contributed by atoms with Crippen LogP contribution >= 0.6 is 0 Å². The normalized spacial score (nSPS) is 21.8. The first kappa shape index (κ1) is 23.8. The van der Waals surface area contributed by atoms with Crippen molar-refractivity contribution in [3.63, 3.8) is 0 Å². The van der Waals surface area contributed by atoms with Gasteiger partial charge in [0.15, 0.2) is 0 Å². The Labute approximate surface area is 209 Å². The summed E-state index contributed by atoms with van der Waals surface area (Å²) in [6, 6.07) is 9.52. The van der Waals surface area contributed by atoms with Gasteiger partial charge in [0, 0.05) is 30.9 Å². The quantitative estimate of drug-likeness (QED) is 0.396. The molecule has 0 saturated carbocycles. The number of hydrogen-bond acceptors (Lipinski definition) is 7. The lowest BCUT2D eigenvalue weighted by atomic mass is 9.95. The molecule has 2 fully saturated rings. The number of hydrogen-bond donors (Lipinski definition) is 1. The highest BCUT2D eigenvalue weighted by Gasteiger charge is 2.50. The van der Waals surface area contributed by atoms with Gasteiger partial charge < -0.3 is 24.4 Å². The molecule has 9 nitrogen and oxygen atoms in total. The van der Waals surface area contributed by atoms with E-state index in [9.17, 15) is 19.5 Å². The predicted octanol–water partition coefficient (Wildman–Crippen LogP) is 3.45. The molecule has 188 valence electrons. The maximum Gasteiger partial charge on any atom is 0.409 e. The molecule has 0 radical (unpaired) electrons. The molecule has 1 N–H and O–H groups in total. The van der Waals surface area contributed by atoms with Crippen molar-refractivity contribution in [2.24, 2.45) is 0 Å². The highest BCUT2D eigenvalue weighted by Crippen LogP contribution is 2.42. The minimum absolute atomic E-state index is 0.0307. The van der Waals surface area contributed by atoms with E-state index in [0.29, 0.717) is 50.4 Å². The fourth-order valence-corrected chi connectivity index (χ4v) is 5.26. The summed E-state index contributed by atoms with van der Waals surface area (Å²) >= 11 is 0. The van der Waals surface area contributed by atoms with Crippen LogP contribution in [0.5, 0.6) is 5.75 Å². The van der Waals surface area contributed by atoms with Gasteiger partial charge in [-0.1, -0.05) is 6.07 Å². The minimum Gasteiger partial charge on any atom is -0.507 e. The summed E-state index contributed by atoms with van der Waals surface area (Å²) in [7, 11) is 0. The molecule has 3 aliphatic heterocycles.